The Labute approximate surface area is 110 Å². The number of carboxylic acid groups (broad SMARTS) is 1. The highest BCUT2D eigenvalue weighted by Crippen LogP contribution is 2.19. The molecule has 0 saturated carbocycles. The zero-order chi connectivity index (χ0) is 14.4. The molecule has 0 aliphatic heterocycles. The molecule has 0 saturated heterocycles. The van der Waals surface area contributed by atoms with Crippen LogP contribution in [-0.2, 0) is 9.59 Å². The summed E-state index contributed by atoms with van der Waals surface area (Å²) in [5.74, 6) is -1.72. The van der Waals surface area contributed by atoms with E-state index in [1.165, 1.54) is 18.2 Å². The van der Waals surface area contributed by atoms with Gasteiger partial charge in [-0.25, -0.2) is 9.18 Å². The second-order valence-electron chi connectivity index (χ2n) is 4.10. The summed E-state index contributed by atoms with van der Waals surface area (Å²) >= 11 is 0. The number of hydrogen-bond donors (Lipinski definition) is 2. The fourth-order valence-corrected chi connectivity index (χ4v) is 1.59. The molecule has 5 heteroatoms. The van der Waals surface area contributed by atoms with Crippen LogP contribution in [0.5, 0.6) is 0 Å². The normalized spacial score (nSPS) is 12.4. The van der Waals surface area contributed by atoms with Gasteiger partial charge in [-0.1, -0.05) is 19.1 Å². The molecular weight excluding hydrogens is 249 g/mol. The SMILES string of the molecule is CCC(=O)NC(C)c1ccc(/C=C/C(=O)O)cc1F. The molecule has 1 rings (SSSR count). The molecular formula is C14H16FNO3. The van der Waals surface area contributed by atoms with Crippen molar-refractivity contribution in [3.05, 3.63) is 41.2 Å². The second-order valence-corrected chi connectivity index (χ2v) is 4.10. The van der Waals surface area contributed by atoms with Crippen LogP contribution in [0.1, 0.15) is 37.4 Å². The third kappa shape index (κ3) is 4.54. The molecule has 0 aliphatic carbocycles. The van der Waals surface area contributed by atoms with Gasteiger partial charge in [0, 0.05) is 18.1 Å². The first-order chi connectivity index (χ1) is 8.93. The Morgan fingerprint density at radius 1 is 1.47 bits per heavy atom. The zero-order valence-electron chi connectivity index (χ0n) is 10.8. The van der Waals surface area contributed by atoms with Gasteiger partial charge in [-0.15, -0.1) is 0 Å². The van der Waals surface area contributed by atoms with E-state index in [0.717, 1.165) is 6.08 Å². The van der Waals surface area contributed by atoms with Crippen LogP contribution in [0.4, 0.5) is 4.39 Å². The van der Waals surface area contributed by atoms with Crippen molar-refractivity contribution >= 4 is 18.0 Å². The number of aliphatic carboxylic acids is 1. The minimum absolute atomic E-state index is 0.151. The number of nitrogens with one attached hydrogen (secondary N) is 1. The predicted octanol–water partition coefficient (Wildman–Crippen LogP) is 2.51. The van der Waals surface area contributed by atoms with Gasteiger partial charge in [0.15, 0.2) is 0 Å². The lowest BCUT2D eigenvalue weighted by Crippen LogP contribution is -2.26. The summed E-state index contributed by atoms with van der Waals surface area (Å²) in [6, 6.07) is 3.96. The van der Waals surface area contributed by atoms with Gasteiger partial charge in [-0.3, -0.25) is 4.79 Å². The monoisotopic (exact) mass is 265 g/mol. The maximum absolute atomic E-state index is 13.8. The van der Waals surface area contributed by atoms with Crippen LogP contribution in [0.15, 0.2) is 24.3 Å². The molecule has 0 fully saturated rings. The molecule has 1 aromatic rings. The van der Waals surface area contributed by atoms with Gasteiger partial charge in [-0.05, 0) is 24.6 Å². The van der Waals surface area contributed by atoms with Crippen molar-refractivity contribution in [1.29, 1.82) is 0 Å². The first-order valence-corrected chi connectivity index (χ1v) is 5.93. The van der Waals surface area contributed by atoms with Crippen LogP contribution in [0.25, 0.3) is 6.08 Å². The number of carbonyl (C=O) groups excluding carboxylic acids is 1. The summed E-state index contributed by atoms with van der Waals surface area (Å²) in [5, 5.41) is 11.2. The third-order valence-electron chi connectivity index (χ3n) is 2.61. The van der Waals surface area contributed by atoms with Gasteiger partial charge in [0.1, 0.15) is 5.82 Å². The van der Waals surface area contributed by atoms with Crippen molar-refractivity contribution in [1.82, 2.24) is 5.32 Å². The molecule has 0 radical (unpaired) electrons. The molecule has 1 atom stereocenters. The van der Waals surface area contributed by atoms with E-state index in [9.17, 15) is 14.0 Å². The van der Waals surface area contributed by atoms with Gasteiger partial charge < -0.3 is 10.4 Å². The molecule has 19 heavy (non-hydrogen) atoms. The average Bonchev–Trinajstić information content (AvgIpc) is 2.35. The largest absolute Gasteiger partial charge is 0.478 e. The number of hydrogen-bond acceptors (Lipinski definition) is 2. The minimum atomic E-state index is -1.09. The van der Waals surface area contributed by atoms with Crippen molar-refractivity contribution < 1.29 is 19.1 Å². The molecule has 4 nitrogen and oxygen atoms in total. The Hall–Kier alpha value is -2.17. The van der Waals surface area contributed by atoms with E-state index in [-0.39, 0.29) is 5.91 Å². The highest BCUT2D eigenvalue weighted by Gasteiger charge is 2.12. The van der Waals surface area contributed by atoms with Crippen LogP contribution in [-0.4, -0.2) is 17.0 Å². The highest BCUT2D eigenvalue weighted by molar-refractivity contribution is 5.85. The molecule has 1 amide bonds. The van der Waals surface area contributed by atoms with E-state index in [1.54, 1.807) is 19.9 Å². The van der Waals surface area contributed by atoms with Crippen molar-refractivity contribution in [2.24, 2.45) is 0 Å². The number of rotatable bonds is 5. The van der Waals surface area contributed by atoms with Crippen molar-refractivity contribution in [3.8, 4) is 0 Å². The van der Waals surface area contributed by atoms with Crippen LogP contribution >= 0.6 is 0 Å². The highest BCUT2D eigenvalue weighted by atomic mass is 19.1. The fraction of sp³-hybridized carbons (Fsp3) is 0.286. The standard InChI is InChI=1S/C14H16FNO3/c1-3-13(17)16-9(2)11-6-4-10(8-12(11)15)5-7-14(18)19/h4-9H,3H2,1-2H3,(H,16,17)(H,18,19)/b7-5+. The number of amides is 1. The molecule has 1 unspecified atom stereocenters. The minimum Gasteiger partial charge on any atom is -0.478 e. The molecule has 102 valence electrons. The zero-order valence-corrected chi connectivity index (χ0v) is 10.8. The van der Waals surface area contributed by atoms with E-state index in [4.69, 9.17) is 5.11 Å². The number of halogens is 1. The van der Waals surface area contributed by atoms with Crippen LogP contribution in [0, 0.1) is 5.82 Å². The Kier molecular flexibility index (Phi) is 5.23. The van der Waals surface area contributed by atoms with E-state index in [1.807, 2.05) is 0 Å². The van der Waals surface area contributed by atoms with Crippen molar-refractivity contribution in [2.75, 3.05) is 0 Å². The lowest BCUT2D eigenvalue weighted by molar-refractivity contribution is -0.131. The summed E-state index contributed by atoms with van der Waals surface area (Å²) < 4.78 is 13.8. The smallest absolute Gasteiger partial charge is 0.328 e. The molecule has 2 N–H and O–H groups in total. The Balaban J connectivity index is 2.88. The second kappa shape index (κ2) is 6.68. The van der Waals surface area contributed by atoms with Gasteiger partial charge in [0.2, 0.25) is 5.91 Å². The van der Waals surface area contributed by atoms with Crippen LogP contribution in [0.2, 0.25) is 0 Å². The van der Waals surface area contributed by atoms with Crippen molar-refractivity contribution in [2.45, 2.75) is 26.3 Å². The number of carbonyl (C=O) groups is 2. The Bertz CT molecular complexity index is 511. The lowest BCUT2D eigenvalue weighted by Gasteiger charge is -2.14. The first kappa shape index (κ1) is 14.9. The molecule has 0 heterocycles. The van der Waals surface area contributed by atoms with E-state index >= 15 is 0 Å². The molecule has 0 aromatic heterocycles. The summed E-state index contributed by atoms with van der Waals surface area (Å²) in [6.07, 6.45) is 2.59. The average molecular weight is 265 g/mol. The summed E-state index contributed by atoms with van der Waals surface area (Å²) in [6.45, 7) is 3.41. The maximum Gasteiger partial charge on any atom is 0.328 e. The quantitative estimate of drug-likeness (QED) is 0.804. The van der Waals surface area contributed by atoms with Gasteiger partial charge in [0.05, 0.1) is 6.04 Å². The predicted molar refractivity (Wildman–Crippen MR) is 69.9 cm³/mol. The molecule has 0 aliphatic rings. The van der Waals surface area contributed by atoms with E-state index in [0.29, 0.717) is 17.5 Å². The van der Waals surface area contributed by atoms with E-state index < -0.39 is 17.8 Å². The molecule has 0 bridgehead atoms. The topological polar surface area (TPSA) is 66.4 Å². The molecule has 1 aromatic carbocycles. The summed E-state index contributed by atoms with van der Waals surface area (Å²) in [4.78, 5) is 21.6. The maximum atomic E-state index is 13.8. The van der Waals surface area contributed by atoms with E-state index in [2.05, 4.69) is 5.32 Å². The first-order valence-electron chi connectivity index (χ1n) is 5.93. The Morgan fingerprint density at radius 2 is 2.16 bits per heavy atom. The lowest BCUT2D eigenvalue weighted by atomic mass is 10.0. The summed E-state index contributed by atoms with van der Waals surface area (Å²) in [7, 11) is 0. The summed E-state index contributed by atoms with van der Waals surface area (Å²) in [5.41, 5.74) is 0.826. The van der Waals surface area contributed by atoms with Crippen LogP contribution in [0.3, 0.4) is 0 Å². The van der Waals surface area contributed by atoms with Gasteiger partial charge >= 0.3 is 5.97 Å². The van der Waals surface area contributed by atoms with Gasteiger partial charge in [-0.2, -0.15) is 0 Å². The van der Waals surface area contributed by atoms with Crippen LogP contribution < -0.4 is 5.32 Å². The van der Waals surface area contributed by atoms with Gasteiger partial charge in [0.25, 0.3) is 0 Å². The third-order valence-corrected chi connectivity index (χ3v) is 2.61. The number of benzene rings is 1. The molecule has 0 spiro atoms. The number of carboxylic acids is 1. The fourth-order valence-electron chi connectivity index (χ4n) is 1.59. The Morgan fingerprint density at radius 3 is 2.68 bits per heavy atom. The van der Waals surface area contributed by atoms with Crippen molar-refractivity contribution in [3.63, 3.8) is 0 Å².